The molecule has 172 valence electrons. The number of nitrogens with zero attached hydrogens (tertiary/aromatic N) is 5. The minimum atomic E-state index is -0.271. The first kappa shape index (κ1) is 22.7. The van der Waals surface area contributed by atoms with Crippen molar-refractivity contribution in [2.45, 2.75) is 40.7 Å². The molecule has 3 N–H and O–H groups in total. The van der Waals surface area contributed by atoms with Crippen molar-refractivity contribution in [3.63, 3.8) is 0 Å². The van der Waals surface area contributed by atoms with Crippen LogP contribution in [0.4, 0.5) is 11.8 Å². The van der Waals surface area contributed by atoms with Crippen molar-refractivity contribution in [2.24, 2.45) is 5.92 Å². The molecular weight excluding hydrogens is 442 g/mol. The highest BCUT2D eigenvalue weighted by atomic mass is 35.5. The van der Waals surface area contributed by atoms with Gasteiger partial charge in [-0.05, 0) is 38.3 Å². The Labute approximate surface area is 197 Å². The number of carbonyl (C=O) groups is 1. The van der Waals surface area contributed by atoms with E-state index in [0.717, 1.165) is 29.0 Å². The van der Waals surface area contributed by atoms with Gasteiger partial charge in [-0.1, -0.05) is 25.4 Å². The second kappa shape index (κ2) is 8.82. The van der Waals surface area contributed by atoms with E-state index in [4.69, 9.17) is 22.1 Å². The number of halogens is 1. The van der Waals surface area contributed by atoms with Crippen LogP contribution in [-0.2, 0) is 17.8 Å². The van der Waals surface area contributed by atoms with E-state index in [2.05, 4.69) is 39.0 Å². The fraction of sp³-hybridized carbons (Fsp3) is 0.348. The number of methoxy groups -OCH3 is 1. The van der Waals surface area contributed by atoms with Gasteiger partial charge in [0.2, 0.25) is 5.95 Å². The molecule has 3 aromatic heterocycles. The SMILES string of the molecule is COc1c(C)cnc(CN2C(=O)/C(=C\c3cc(CC(C)C)n[nH]3)c3c(Cl)nc(N)nc32)c1C. The molecule has 1 aliphatic heterocycles. The molecule has 0 bridgehead atoms. The Bertz CT molecular complexity index is 1270. The van der Waals surface area contributed by atoms with E-state index >= 15 is 0 Å². The fourth-order valence-electron chi connectivity index (χ4n) is 4.01. The minimum Gasteiger partial charge on any atom is -0.496 e. The number of amides is 1. The van der Waals surface area contributed by atoms with Gasteiger partial charge in [0.25, 0.3) is 5.91 Å². The molecule has 10 heteroatoms. The largest absolute Gasteiger partial charge is 0.496 e. The molecule has 4 heterocycles. The van der Waals surface area contributed by atoms with Crippen molar-refractivity contribution >= 4 is 40.9 Å². The van der Waals surface area contributed by atoms with Crippen molar-refractivity contribution in [2.75, 3.05) is 17.7 Å². The first-order valence-electron chi connectivity index (χ1n) is 10.6. The van der Waals surface area contributed by atoms with E-state index in [1.54, 1.807) is 19.4 Å². The van der Waals surface area contributed by atoms with Crippen LogP contribution in [0.15, 0.2) is 12.3 Å². The Morgan fingerprint density at radius 3 is 2.76 bits per heavy atom. The fourth-order valence-corrected chi connectivity index (χ4v) is 4.28. The van der Waals surface area contributed by atoms with Crippen molar-refractivity contribution in [3.8, 4) is 5.75 Å². The van der Waals surface area contributed by atoms with Gasteiger partial charge in [-0.15, -0.1) is 0 Å². The Hall–Kier alpha value is -3.46. The number of aromatic nitrogens is 5. The average molecular weight is 468 g/mol. The van der Waals surface area contributed by atoms with Crippen molar-refractivity contribution in [1.29, 1.82) is 0 Å². The summed E-state index contributed by atoms with van der Waals surface area (Å²) in [6.45, 7) is 8.26. The summed E-state index contributed by atoms with van der Waals surface area (Å²) in [6.07, 6.45) is 4.28. The summed E-state index contributed by atoms with van der Waals surface area (Å²) in [4.78, 5) is 28.0. The normalized spacial score (nSPS) is 14.5. The van der Waals surface area contributed by atoms with Gasteiger partial charge >= 0.3 is 0 Å². The van der Waals surface area contributed by atoms with E-state index in [1.165, 1.54) is 4.90 Å². The standard InChI is InChI=1S/C23H26ClN7O2/c1-11(2)6-14-7-15(30-29-14)8-16-18-20(24)27-23(25)28-21(18)31(22(16)32)10-17-13(4)19(33-5)12(3)9-26-17/h7-9,11H,6,10H2,1-5H3,(H,29,30)(H2,25,27,28)/b16-8-. The molecule has 0 radical (unpaired) electrons. The molecule has 0 saturated carbocycles. The van der Waals surface area contributed by atoms with Gasteiger partial charge in [-0.3, -0.25) is 19.8 Å². The molecule has 3 aromatic rings. The Morgan fingerprint density at radius 1 is 1.30 bits per heavy atom. The molecule has 33 heavy (non-hydrogen) atoms. The number of aromatic amines is 1. The van der Waals surface area contributed by atoms with E-state index in [0.29, 0.717) is 34.3 Å². The summed E-state index contributed by atoms with van der Waals surface area (Å²) in [5, 5.41) is 7.44. The second-order valence-electron chi connectivity index (χ2n) is 8.48. The number of aryl methyl sites for hydroxylation is 1. The highest BCUT2D eigenvalue weighted by Gasteiger charge is 2.37. The maximum Gasteiger partial charge on any atom is 0.260 e. The number of rotatable bonds is 6. The van der Waals surface area contributed by atoms with Crippen LogP contribution in [0.25, 0.3) is 11.6 Å². The number of anilines is 2. The first-order chi connectivity index (χ1) is 15.7. The van der Waals surface area contributed by atoms with Gasteiger partial charge in [-0.25, -0.2) is 4.98 Å². The zero-order valence-electron chi connectivity index (χ0n) is 19.2. The number of H-pyrrole nitrogens is 1. The maximum absolute atomic E-state index is 13.5. The van der Waals surface area contributed by atoms with Gasteiger partial charge in [0.15, 0.2) is 5.82 Å². The number of ether oxygens (including phenoxy) is 1. The third kappa shape index (κ3) is 4.28. The smallest absolute Gasteiger partial charge is 0.260 e. The average Bonchev–Trinajstić information content (AvgIpc) is 3.27. The Morgan fingerprint density at radius 2 is 2.06 bits per heavy atom. The summed E-state index contributed by atoms with van der Waals surface area (Å²) in [6, 6.07) is 1.92. The van der Waals surface area contributed by atoms with Gasteiger partial charge in [0.05, 0.1) is 41.9 Å². The van der Waals surface area contributed by atoms with E-state index in [9.17, 15) is 4.79 Å². The lowest BCUT2D eigenvalue weighted by Gasteiger charge is -2.19. The molecule has 0 atom stereocenters. The predicted octanol–water partition coefficient (Wildman–Crippen LogP) is 3.74. The van der Waals surface area contributed by atoms with Gasteiger partial charge < -0.3 is 10.5 Å². The van der Waals surface area contributed by atoms with Crippen LogP contribution >= 0.6 is 11.6 Å². The van der Waals surface area contributed by atoms with E-state index in [-0.39, 0.29) is 23.6 Å². The monoisotopic (exact) mass is 467 g/mol. The summed E-state index contributed by atoms with van der Waals surface area (Å²) in [5.74, 6) is 1.27. The molecular formula is C23H26ClN7O2. The second-order valence-corrected chi connectivity index (χ2v) is 8.84. The Kier molecular flexibility index (Phi) is 6.07. The lowest BCUT2D eigenvalue weighted by atomic mass is 10.1. The van der Waals surface area contributed by atoms with Crippen LogP contribution in [0.2, 0.25) is 5.15 Å². The number of pyridine rings is 1. The minimum absolute atomic E-state index is 0.00951. The number of nitrogen functional groups attached to an aromatic ring is 1. The molecule has 0 saturated heterocycles. The number of hydrogen-bond donors (Lipinski definition) is 2. The van der Waals surface area contributed by atoms with Crippen molar-refractivity contribution in [1.82, 2.24) is 25.1 Å². The third-order valence-electron chi connectivity index (χ3n) is 5.49. The Balaban J connectivity index is 1.77. The van der Waals surface area contributed by atoms with Crippen LogP contribution in [0.3, 0.4) is 0 Å². The third-order valence-corrected chi connectivity index (χ3v) is 5.76. The van der Waals surface area contributed by atoms with Crippen LogP contribution in [0.1, 0.15) is 47.6 Å². The van der Waals surface area contributed by atoms with Gasteiger partial charge in [0, 0.05) is 17.3 Å². The van der Waals surface area contributed by atoms with E-state index in [1.807, 2.05) is 19.9 Å². The number of nitrogens with two attached hydrogens (primary N) is 1. The molecule has 9 nitrogen and oxygen atoms in total. The van der Waals surface area contributed by atoms with Crippen molar-refractivity contribution in [3.05, 3.63) is 51.2 Å². The maximum atomic E-state index is 13.5. The van der Waals surface area contributed by atoms with Crippen LogP contribution in [-0.4, -0.2) is 38.2 Å². The van der Waals surface area contributed by atoms with E-state index < -0.39 is 0 Å². The molecule has 0 fully saturated rings. The van der Waals surface area contributed by atoms with Crippen LogP contribution < -0.4 is 15.4 Å². The quantitative estimate of drug-likeness (QED) is 0.418. The van der Waals surface area contributed by atoms with Crippen molar-refractivity contribution < 1.29 is 9.53 Å². The number of hydrogen-bond acceptors (Lipinski definition) is 7. The summed E-state index contributed by atoms with van der Waals surface area (Å²) >= 11 is 6.43. The molecule has 1 amide bonds. The molecule has 0 aromatic carbocycles. The summed E-state index contributed by atoms with van der Waals surface area (Å²) < 4.78 is 5.51. The molecule has 1 aliphatic rings. The summed E-state index contributed by atoms with van der Waals surface area (Å²) in [7, 11) is 1.61. The number of fused-ring (bicyclic) bond motifs is 1. The lowest BCUT2D eigenvalue weighted by Crippen LogP contribution is -2.27. The highest BCUT2D eigenvalue weighted by Crippen LogP contribution is 2.41. The molecule has 0 aliphatic carbocycles. The van der Waals surface area contributed by atoms with Gasteiger partial charge in [-0.2, -0.15) is 10.1 Å². The number of nitrogens with one attached hydrogen (secondary N) is 1. The number of carbonyl (C=O) groups excluding carboxylic acids is 1. The zero-order chi connectivity index (χ0) is 23.9. The van der Waals surface area contributed by atoms with Crippen LogP contribution in [0, 0.1) is 19.8 Å². The van der Waals surface area contributed by atoms with Crippen LogP contribution in [0.5, 0.6) is 5.75 Å². The first-order valence-corrected chi connectivity index (χ1v) is 11.0. The molecule has 4 rings (SSSR count). The molecule has 0 unspecified atom stereocenters. The topological polar surface area (TPSA) is 123 Å². The zero-order valence-corrected chi connectivity index (χ0v) is 20.0. The lowest BCUT2D eigenvalue weighted by molar-refractivity contribution is -0.113. The predicted molar refractivity (Wildman–Crippen MR) is 128 cm³/mol. The van der Waals surface area contributed by atoms with Gasteiger partial charge in [0.1, 0.15) is 10.9 Å². The summed E-state index contributed by atoms with van der Waals surface area (Å²) in [5.41, 5.74) is 10.7. The highest BCUT2D eigenvalue weighted by molar-refractivity contribution is 6.41. The molecule has 0 spiro atoms.